The van der Waals surface area contributed by atoms with Crippen molar-refractivity contribution in [2.24, 2.45) is 23.2 Å². The molecule has 0 aliphatic heterocycles. The van der Waals surface area contributed by atoms with E-state index in [0.717, 1.165) is 63.4 Å². The number of rotatable bonds is 25. The van der Waals surface area contributed by atoms with Crippen LogP contribution in [-0.2, 0) is 61.9 Å². The molecular weight excluding hydrogens is 1670 g/mol. The third-order valence-corrected chi connectivity index (χ3v) is 29.6. The van der Waals surface area contributed by atoms with E-state index in [1.807, 2.05) is 72.8 Å². The van der Waals surface area contributed by atoms with E-state index in [4.69, 9.17) is 4.74 Å². The second-order valence-electron chi connectivity index (χ2n) is 33.9. The van der Waals surface area contributed by atoms with Gasteiger partial charge in [-0.1, -0.05) is 282 Å². The van der Waals surface area contributed by atoms with Crippen LogP contribution in [0.1, 0.15) is 122 Å². The first-order valence-corrected chi connectivity index (χ1v) is 47.2. The zero-order valence-electron chi connectivity index (χ0n) is 74.7. The van der Waals surface area contributed by atoms with Gasteiger partial charge >= 0.3 is 24.2 Å². The van der Waals surface area contributed by atoms with Crippen molar-refractivity contribution >= 4 is 67.7 Å². The highest BCUT2D eigenvalue weighted by Gasteiger charge is 2.52. The second kappa shape index (κ2) is 46.4. The van der Waals surface area contributed by atoms with E-state index in [-0.39, 0.29) is 64.3 Å². The molecule has 13 aromatic carbocycles. The average Bonchev–Trinajstić information content (AvgIpc) is 0.747. The number of benzene rings is 13. The monoisotopic (exact) mass is 1780 g/mol. The van der Waals surface area contributed by atoms with E-state index >= 15 is 0 Å². The molecule has 16 heteroatoms. The fourth-order valence-corrected chi connectivity index (χ4v) is 22.6. The molecule has 664 valence electrons. The van der Waals surface area contributed by atoms with Gasteiger partial charge in [-0.3, -0.25) is 0 Å². The summed E-state index contributed by atoms with van der Waals surface area (Å²) in [5.74, 6) is -2.78. The molecule has 4 bridgehead atoms. The van der Waals surface area contributed by atoms with Crippen LogP contribution < -0.4 is 16.0 Å². The highest BCUT2D eigenvalue weighted by Crippen LogP contribution is 2.60. The largest absolute Gasteiger partial charge is 0.461 e. The van der Waals surface area contributed by atoms with Crippen molar-refractivity contribution in [1.82, 2.24) is 16.0 Å². The zero-order chi connectivity index (χ0) is 91.6. The Labute approximate surface area is 761 Å². The minimum atomic E-state index is -4.18. The van der Waals surface area contributed by atoms with Crippen molar-refractivity contribution in [3.8, 4) is 0 Å². The minimum Gasteiger partial charge on any atom is -0.461 e. The van der Waals surface area contributed by atoms with Crippen LogP contribution in [0.3, 0.4) is 0 Å². The number of carbonyl (C=O) groups is 1. The molecule has 4 fully saturated rings. The van der Waals surface area contributed by atoms with E-state index in [0.29, 0.717) is 17.8 Å². The number of aryl methyl sites for hydroxylation is 9. The number of nitrogens with one attached hydrogen (secondary N) is 3. The van der Waals surface area contributed by atoms with Gasteiger partial charge in [-0.15, -0.1) is 0 Å². The molecule has 0 radical (unpaired) electrons. The molecule has 0 unspecified atom stereocenters. The van der Waals surface area contributed by atoms with E-state index in [9.17, 15) is 39.9 Å². The number of hydrogen-bond acceptors (Lipinski definition) is 5. The van der Waals surface area contributed by atoms with E-state index in [1.165, 1.54) is 113 Å². The summed E-state index contributed by atoms with van der Waals surface area (Å²) >= 11 is 0. The van der Waals surface area contributed by atoms with Crippen molar-refractivity contribution < 1.29 is 44.7 Å². The topological polar surface area (TPSA) is 62.4 Å². The van der Waals surface area contributed by atoms with Gasteiger partial charge in [0.15, 0.2) is 44.1 Å². The molecule has 3 N–H and O–H groups in total. The van der Waals surface area contributed by atoms with Gasteiger partial charge in [0.1, 0.15) is 0 Å². The smallest absolute Gasteiger partial charge is 0.401 e. The fourth-order valence-electron chi connectivity index (χ4n) is 16.5. The maximum absolute atomic E-state index is 14.2. The van der Waals surface area contributed by atoms with Crippen LogP contribution in [0.15, 0.2) is 367 Å². The van der Waals surface area contributed by atoms with E-state index < -0.39 is 43.9 Å². The molecule has 0 amide bonds. The van der Waals surface area contributed by atoms with Crippen molar-refractivity contribution in [3.05, 3.63) is 407 Å². The Hall–Kier alpha value is -10.8. The molecule has 4 saturated carbocycles. The SMILES string of the molecule is C=Cc1ccc(CNCC(F)(F)C(=O)OCC23CC4CC(CC(C4)C2)C3)cc1.C=Cc1ccc(CNCC(F)(F)F)c2ccccc12.C=Cc1ccc(CNCC(F)(F)F)cc1.Cc1ccc([S+](c2ccc(C)cc2)c2ccc(C)cc2)cc1.Cc1ccc([S+](c2ccc(C)cc2)c2ccc(C)cc2)cc1.Cc1ccc([S+](c2ccc(C)cc2)c2ccc(C)cc2)cc1. The van der Waals surface area contributed by atoms with Gasteiger partial charge in [0, 0.05) is 25.0 Å². The lowest BCUT2D eigenvalue weighted by Crippen LogP contribution is -2.49. The Kier molecular flexibility index (Phi) is 35.5. The number of halogens is 8. The molecule has 4 aliphatic rings. The Morgan fingerprint density at radius 3 is 0.852 bits per heavy atom. The van der Waals surface area contributed by atoms with Crippen LogP contribution in [0.5, 0.6) is 0 Å². The summed E-state index contributed by atoms with van der Waals surface area (Å²) in [6.45, 7) is 28.5. The Bertz CT molecular complexity index is 4990. The van der Waals surface area contributed by atoms with Crippen LogP contribution in [0, 0.1) is 85.5 Å². The Balaban J connectivity index is 0.000000150. The van der Waals surface area contributed by atoms with E-state index in [1.54, 1.807) is 30.4 Å². The predicted octanol–water partition coefficient (Wildman–Crippen LogP) is 29.1. The summed E-state index contributed by atoms with van der Waals surface area (Å²) in [7, 11) is -0.118. The fraction of sp³-hybridized carbons (Fsp3) is 0.259. The first kappa shape index (κ1) is 97.8. The maximum Gasteiger partial charge on any atom is 0.401 e. The van der Waals surface area contributed by atoms with Crippen LogP contribution in [-0.4, -0.2) is 50.5 Å². The molecule has 0 heterocycles. The summed E-state index contributed by atoms with van der Waals surface area (Å²) < 4.78 is 105. The molecule has 13 aromatic rings. The second-order valence-corrected chi connectivity index (χ2v) is 40.0. The predicted molar refractivity (Wildman–Crippen MR) is 518 cm³/mol. The Morgan fingerprint density at radius 1 is 0.336 bits per heavy atom. The van der Waals surface area contributed by atoms with Gasteiger partial charge in [0.05, 0.1) is 58.9 Å². The lowest BCUT2D eigenvalue weighted by molar-refractivity contribution is -0.181. The van der Waals surface area contributed by atoms with Crippen LogP contribution in [0.4, 0.5) is 35.1 Å². The van der Waals surface area contributed by atoms with Crippen molar-refractivity contribution in [2.75, 3.05) is 26.2 Å². The molecular formula is C112H118F8N3O2S3+3. The van der Waals surface area contributed by atoms with Gasteiger partial charge in [-0.2, -0.15) is 35.1 Å². The number of esters is 1. The van der Waals surface area contributed by atoms with Crippen LogP contribution in [0.2, 0.25) is 0 Å². The van der Waals surface area contributed by atoms with Crippen LogP contribution >= 0.6 is 0 Å². The highest BCUT2D eigenvalue weighted by atomic mass is 32.2. The number of alkyl halides is 8. The molecule has 0 aromatic heterocycles. The van der Waals surface area contributed by atoms with Crippen LogP contribution in [0.25, 0.3) is 29.0 Å². The first-order valence-electron chi connectivity index (χ1n) is 43.5. The third-order valence-electron chi connectivity index (χ3n) is 23.0. The highest BCUT2D eigenvalue weighted by molar-refractivity contribution is 7.97. The summed E-state index contributed by atoms with van der Waals surface area (Å²) in [6, 6.07) is 106. The standard InChI is InChI=1S/C23H29F2NO2.3C21H21S.C15H14F3N.C11H12F3N/c1-2-16-3-5-17(6-4-16)13-26-14-23(24,25)21(27)28-15-22-10-18-7-19(11-22)9-20(8-18)12-22;3*1-16-4-10-19(11-5-16)22(20-12-6-17(2)7-13-20)21-14-8-18(3)9-15-21;1-2-11-7-8-12(9-19-10-15(16,17)18)14-6-4-3-5-13(11)14;1-2-9-3-5-10(6-4-9)7-15-8-11(12,13)14/h2-6,18-20,26H,1,7-15H2;3*4-15H,1-3H3;2-8,19H,1,9-10H2;2-6,15H,1,7-8H2/q;3*+1;;. The van der Waals surface area contributed by atoms with Gasteiger partial charge in [0.25, 0.3) is 0 Å². The molecule has 0 spiro atoms. The normalized spacial score (nSPS) is 15.5. The zero-order valence-corrected chi connectivity index (χ0v) is 77.2. The van der Waals surface area contributed by atoms with Crippen molar-refractivity contribution in [1.29, 1.82) is 0 Å². The van der Waals surface area contributed by atoms with Crippen molar-refractivity contribution in [2.45, 2.75) is 183 Å². The maximum atomic E-state index is 14.2. The van der Waals surface area contributed by atoms with Gasteiger partial charge in [-0.25, -0.2) is 4.79 Å². The first-order chi connectivity index (χ1) is 61.3. The summed E-state index contributed by atoms with van der Waals surface area (Å²) in [5.41, 5.74) is 17.2. The van der Waals surface area contributed by atoms with Crippen molar-refractivity contribution in [3.63, 3.8) is 0 Å². The molecule has 4 aliphatic carbocycles. The molecule has 17 rings (SSSR count). The average molecular weight is 1790 g/mol. The number of fused-ring (bicyclic) bond motifs is 1. The van der Waals surface area contributed by atoms with E-state index in [2.05, 4.69) is 316 Å². The molecule has 0 saturated heterocycles. The number of hydrogen-bond donors (Lipinski definition) is 3. The quantitative estimate of drug-likeness (QED) is 0.0302. The minimum absolute atomic E-state index is 0.0394. The molecule has 128 heavy (non-hydrogen) atoms. The Morgan fingerprint density at radius 2 is 0.594 bits per heavy atom. The van der Waals surface area contributed by atoms with Gasteiger partial charge < -0.3 is 20.7 Å². The lowest BCUT2D eigenvalue weighted by atomic mass is 9.50. The van der Waals surface area contributed by atoms with Gasteiger partial charge in [0.2, 0.25) is 0 Å². The summed E-state index contributed by atoms with van der Waals surface area (Å²) in [5, 5.41) is 9.38. The number of ether oxygens (including phenoxy) is 1. The number of carbonyl (C=O) groups excluding carboxylic acids is 1. The van der Waals surface area contributed by atoms with Gasteiger partial charge in [-0.05, 0) is 272 Å². The molecule has 0 atom stereocenters. The summed E-state index contributed by atoms with van der Waals surface area (Å²) in [6.07, 6.45) is 3.78. The third kappa shape index (κ3) is 29.6. The summed E-state index contributed by atoms with van der Waals surface area (Å²) in [4.78, 5) is 24.4. The molecule has 5 nitrogen and oxygen atoms in total. The lowest BCUT2D eigenvalue weighted by Gasteiger charge is -2.56.